The minimum absolute atomic E-state index is 0.0251. The third-order valence-corrected chi connectivity index (χ3v) is 9.90. The summed E-state index contributed by atoms with van der Waals surface area (Å²) in [6.45, 7) is 3.31. The van der Waals surface area contributed by atoms with Crippen molar-refractivity contribution in [1.82, 2.24) is 10.2 Å². The van der Waals surface area contributed by atoms with E-state index >= 15 is 0 Å². The number of fused-ring (bicyclic) bond motifs is 1. The van der Waals surface area contributed by atoms with Gasteiger partial charge >= 0.3 is 0 Å². The number of carbonyl (C=O) groups excluding carboxylic acids is 1. The quantitative estimate of drug-likeness (QED) is 0.508. The smallest absolute Gasteiger partial charge is 0.226 e. The van der Waals surface area contributed by atoms with Gasteiger partial charge in [0.2, 0.25) is 5.91 Å². The molecule has 35 heavy (non-hydrogen) atoms. The predicted octanol–water partition coefficient (Wildman–Crippen LogP) is 6.40. The van der Waals surface area contributed by atoms with E-state index in [-0.39, 0.29) is 5.41 Å². The molecule has 2 aromatic rings. The van der Waals surface area contributed by atoms with Crippen molar-refractivity contribution in [2.75, 3.05) is 19.6 Å². The number of amides is 1. The first-order valence-electron chi connectivity index (χ1n) is 14.3. The fraction of sp³-hybridized carbons (Fsp3) is 0.594. The van der Waals surface area contributed by atoms with E-state index in [4.69, 9.17) is 0 Å². The predicted molar refractivity (Wildman–Crippen MR) is 142 cm³/mol. The Morgan fingerprint density at radius 3 is 1.91 bits per heavy atom. The Kier molecular flexibility index (Phi) is 6.71. The Morgan fingerprint density at radius 1 is 0.800 bits per heavy atom. The Balaban J connectivity index is 1.03. The van der Waals surface area contributed by atoms with Crippen LogP contribution >= 0.6 is 0 Å². The van der Waals surface area contributed by atoms with Crippen LogP contribution in [0.15, 0.2) is 60.7 Å². The normalized spacial score (nSPS) is 30.9. The lowest BCUT2D eigenvalue weighted by atomic mass is 9.58. The second kappa shape index (κ2) is 10.1. The molecule has 1 amide bonds. The summed E-state index contributed by atoms with van der Waals surface area (Å²) in [6.07, 6.45) is 12.4. The molecule has 186 valence electrons. The van der Waals surface area contributed by atoms with Gasteiger partial charge in [-0.3, -0.25) is 4.79 Å². The van der Waals surface area contributed by atoms with Gasteiger partial charge in [0.25, 0.3) is 0 Å². The van der Waals surface area contributed by atoms with Gasteiger partial charge in [0, 0.05) is 30.5 Å². The molecule has 5 fully saturated rings. The first kappa shape index (κ1) is 23.3. The molecule has 4 saturated carbocycles. The molecule has 1 heterocycles. The maximum atomic E-state index is 13.6. The van der Waals surface area contributed by atoms with E-state index in [0.29, 0.717) is 17.9 Å². The largest absolute Gasteiger partial charge is 0.353 e. The van der Waals surface area contributed by atoms with E-state index < -0.39 is 0 Å². The van der Waals surface area contributed by atoms with Crippen molar-refractivity contribution >= 4 is 5.91 Å². The number of likely N-dealkylation sites (tertiary alicyclic amines) is 1. The number of benzene rings is 2. The molecule has 0 aromatic heterocycles. The van der Waals surface area contributed by atoms with Crippen molar-refractivity contribution < 1.29 is 4.79 Å². The van der Waals surface area contributed by atoms with E-state index in [0.717, 1.165) is 56.7 Å². The lowest BCUT2D eigenvalue weighted by Crippen LogP contribution is -2.53. The van der Waals surface area contributed by atoms with Gasteiger partial charge in [0.1, 0.15) is 0 Å². The summed E-state index contributed by atoms with van der Waals surface area (Å²) >= 11 is 0. The molecule has 0 radical (unpaired) electrons. The van der Waals surface area contributed by atoms with E-state index in [2.05, 4.69) is 70.9 Å². The molecule has 0 spiro atoms. The first-order chi connectivity index (χ1) is 17.2. The molecular weight excluding hydrogens is 428 g/mol. The molecule has 2 aromatic carbocycles. The molecular formula is C32H42N2O. The van der Waals surface area contributed by atoms with Crippen molar-refractivity contribution in [3.8, 4) is 0 Å². The van der Waals surface area contributed by atoms with Crippen LogP contribution in [-0.4, -0.2) is 36.5 Å². The number of nitrogens with one attached hydrogen (secondary N) is 1. The Bertz CT molecular complexity index is 926. The van der Waals surface area contributed by atoms with Crippen LogP contribution in [0.5, 0.6) is 0 Å². The summed E-state index contributed by atoms with van der Waals surface area (Å²) < 4.78 is 0. The maximum absolute atomic E-state index is 13.6. The van der Waals surface area contributed by atoms with Crippen LogP contribution in [0.2, 0.25) is 0 Å². The molecule has 4 bridgehead atoms. The summed E-state index contributed by atoms with van der Waals surface area (Å²) in [5.74, 6) is 3.32. The third-order valence-electron chi connectivity index (χ3n) is 9.90. The molecule has 4 aliphatic carbocycles. The second-order valence-electron chi connectivity index (χ2n) is 12.3. The number of hydrogen-bond acceptors (Lipinski definition) is 2. The average molecular weight is 471 g/mol. The molecule has 2 atom stereocenters. The molecule has 7 rings (SSSR count). The summed E-state index contributed by atoms with van der Waals surface area (Å²) in [5, 5.41) is 3.58. The van der Waals surface area contributed by atoms with Crippen LogP contribution in [-0.2, 0) is 4.79 Å². The van der Waals surface area contributed by atoms with Crippen LogP contribution in [0.3, 0.4) is 0 Å². The van der Waals surface area contributed by atoms with Crippen LogP contribution in [0.25, 0.3) is 0 Å². The van der Waals surface area contributed by atoms with Crippen LogP contribution < -0.4 is 5.32 Å². The van der Waals surface area contributed by atoms with Crippen LogP contribution in [0.4, 0.5) is 0 Å². The van der Waals surface area contributed by atoms with Crippen molar-refractivity contribution in [1.29, 1.82) is 0 Å². The van der Waals surface area contributed by atoms with Gasteiger partial charge in [-0.25, -0.2) is 0 Å². The molecule has 1 aliphatic heterocycles. The van der Waals surface area contributed by atoms with E-state index in [1.165, 1.54) is 56.1 Å². The Labute approximate surface area is 211 Å². The molecule has 2 unspecified atom stereocenters. The molecule has 1 N–H and O–H groups in total. The average Bonchev–Trinajstić information content (AvgIpc) is 3.11. The second-order valence-corrected chi connectivity index (χ2v) is 12.3. The van der Waals surface area contributed by atoms with Crippen molar-refractivity contribution in [3.63, 3.8) is 0 Å². The van der Waals surface area contributed by atoms with Gasteiger partial charge in [-0.15, -0.1) is 0 Å². The number of carbonyl (C=O) groups is 1. The Morgan fingerprint density at radius 2 is 1.34 bits per heavy atom. The lowest BCUT2D eigenvalue weighted by Gasteiger charge is -2.47. The first-order valence-corrected chi connectivity index (χ1v) is 14.3. The minimum Gasteiger partial charge on any atom is -0.353 e. The van der Waals surface area contributed by atoms with Crippen LogP contribution in [0.1, 0.15) is 81.3 Å². The third kappa shape index (κ3) is 5.07. The lowest BCUT2D eigenvalue weighted by molar-refractivity contribution is -0.139. The number of nitrogens with zero attached hydrogens (tertiary/aromatic N) is 1. The van der Waals surface area contributed by atoms with Crippen molar-refractivity contribution in [2.45, 2.75) is 76.2 Å². The van der Waals surface area contributed by atoms with Gasteiger partial charge in [-0.2, -0.15) is 0 Å². The molecule has 5 aliphatic rings. The highest BCUT2D eigenvalue weighted by Crippen LogP contribution is 2.57. The number of piperidine rings is 1. The van der Waals surface area contributed by atoms with E-state index in [1.807, 2.05) is 0 Å². The molecule has 3 nitrogen and oxygen atoms in total. The zero-order chi connectivity index (χ0) is 23.7. The fourth-order valence-corrected chi connectivity index (χ4v) is 8.32. The molecule has 3 heteroatoms. The van der Waals surface area contributed by atoms with Crippen molar-refractivity contribution in [2.24, 2.45) is 23.2 Å². The highest BCUT2D eigenvalue weighted by atomic mass is 16.2. The van der Waals surface area contributed by atoms with Gasteiger partial charge < -0.3 is 10.2 Å². The Hall–Kier alpha value is -2.13. The molecule has 1 saturated heterocycles. The highest BCUT2D eigenvalue weighted by Gasteiger charge is 2.52. The van der Waals surface area contributed by atoms with Crippen molar-refractivity contribution in [3.05, 3.63) is 71.8 Å². The number of rotatable bonds is 7. The van der Waals surface area contributed by atoms with Gasteiger partial charge in [0.05, 0.1) is 0 Å². The summed E-state index contributed by atoms with van der Waals surface area (Å²) in [6, 6.07) is 22.3. The van der Waals surface area contributed by atoms with Gasteiger partial charge in [-0.1, -0.05) is 73.5 Å². The van der Waals surface area contributed by atoms with E-state index in [1.54, 1.807) is 0 Å². The minimum atomic E-state index is -0.0251. The van der Waals surface area contributed by atoms with Gasteiger partial charge in [0.15, 0.2) is 0 Å². The monoisotopic (exact) mass is 470 g/mol. The highest BCUT2D eigenvalue weighted by molar-refractivity contribution is 5.83. The van der Waals surface area contributed by atoms with E-state index in [9.17, 15) is 4.79 Å². The standard InChI is InChI=1S/C32H42N2O/c35-31(32-21-24-11-12-25(22-32)20-26(19-24)23-32)33-29-13-16-34(17-14-29)18-15-30(27-7-3-1-4-8-27)28-9-5-2-6-10-28/h1-10,24-26,29-30H,11-23H2,(H,33,35). The summed E-state index contributed by atoms with van der Waals surface area (Å²) in [7, 11) is 0. The summed E-state index contributed by atoms with van der Waals surface area (Å²) in [5.41, 5.74) is 2.79. The number of hydrogen-bond donors (Lipinski definition) is 1. The SMILES string of the molecule is O=C(NC1CCN(CCC(c2ccccc2)c2ccccc2)CC1)C12CC3CCC(CC(C3)C1)C2. The summed E-state index contributed by atoms with van der Waals surface area (Å²) in [4.78, 5) is 16.2. The van der Waals surface area contributed by atoms with Gasteiger partial charge in [-0.05, 0) is 86.8 Å². The van der Waals surface area contributed by atoms with Crippen LogP contribution in [0, 0.1) is 23.2 Å². The zero-order valence-electron chi connectivity index (χ0n) is 21.2. The zero-order valence-corrected chi connectivity index (χ0v) is 21.2. The maximum Gasteiger partial charge on any atom is 0.226 e. The fourth-order valence-electron chi connectivity index (χ4n) is 8.32. The topological polar surface area (TPSA) is 32.3 Å².